The Balaban J connectivity index is 2.17. The summed E-state index contributed by atoms with van der Waals surface area (Å²) in [5.41, 5.74) is -0.971. The normalized spacial score (nSPS) is 11.2. The largest absolute Gasteiger partial charge is 0.488 e. The van der Waals surface area contributed by atoms with E-state index >= 15 is 0 Å². The molecule has 106 valence electrons. The van der Waals surface area contributed by atoms with E-state index in [-0.39, 0.29) is 5.82 Å². The van der Waals surface area contributed by atoms with Crippen molar-refractivity contribution in [2.45, 2.75) is 0 Å². The van der Waals surface area contributed by atoms with Gasteiger partial charge < -0.3 is 10.1 Å². The first-order valence-electron chi connectivity index (χ1n) is 5.95. The summed E-state index contributed by atoms with van der Waals surface area (Å²) in [6.07, 6.45) is 6.56. The third-order valence-electron chi connectivity index (χ3n) is 2.53. The lowest BCUT2D eigenvalue weighted by molar-refractivity contribution is -0.387. The van der Waals surface area contributed by atoms with E-state index in [1.54, 1.807) is 12.2 Å². The van der Waals surface area contributed by atoms with E-state index in [0.717, 1.165) is 5.56 Å². The fraction of sp³-hybridized carbons (Fsp3) is 0. The molecule has 0 amide bonds. The number of hydrogen-bond donors (Lipinski definition) is 2. The molecule has 0 aliphatic heterocycles. The summed E-state index contributed by atoms with van der Waals surface area (Å²) in [7, 11) is 0. The van der Waals surface area contributed by atoms with E-state index in [1.807, 2.05) is 36.4 Å². The predicted octanol–water partition coefficient (Wildman–Crippen LogP) is 2.11. The first-order valence-corrected chi connectivity index (χ1v) is 5.95. The summed E-state index contributed by atoms with van der Waals surface area (Å²) in [6.45, 7) is 0. The molecule has 7 heteroatoms. The molecule has 0 saturated carbocycles. The highest BCUT2D eigenvalue weighted by molar-refractivity contribution is 5.55. The summed E-state index contributed by atoms with van der Waals surface area (Å²) in [6, 6.07) is 9.54. The Hall–Kier alpha value is -3.22. The van der Waals surface area contributed by atoms with Crippen LogP contribution in [0.4, 0.5) is 5.69 Å². The molecular weight excluding hydrogens is 274 g/mol. The van der Waals surface area contributed by atoms with Crippen LogP contribution < -0.4 is 5.56 Å². The zero-order valence-corrected chi connectivity index (χ0v) is 10.8. The number of H-pyrrole nitrogens is 1. The van der Waals surface area contributed by atoms with Crippen LogP contribution in [0.2, 0.25) is 0 Å². The lowest BCUT2D eigenvalue weighted by atomic mass is 10.2. The maximum Gasteiger partial charge on any atom is 0.395 e. The van der Waals surface area contributed by atoms with Crippen molar-refractivity contribution in [2.24, 2.45) is 0 Å². The number of nitrogens with one attached hydrogen (secondary N) is 1. The molecule has 0 spiro atoms. The van der Waals surface area contributed by atoms with Gasteiger partial charge in [-0.2, -0.15) is 4.98 Å². The number of rotatable bonds is 4. The lowest BCUT2D eigenvalue weighted by Crippen LogP contribution is -2.14. The van der Waals surface area contributed by atoms with Gasteiger partial charge in [-0.3, -0.25) is 14.9 Å². The van der Waals surface area contributed by atoms with E-state index < -0.39 is 22.0 Å². The Morgan fingerprint density at radius 1 is 1.19 bits per heavy atom. The molecule has 0 atom stereocenters. The third-order valence-corrected chi connectivity index (χ3v) is 2.53. The minimum absolute atomic E-state index is 0.0285. The number of hydrogen-bond acceptors (Lipinski definition) is 5. The second-order valence-corrected chi connectivity index (χ2v) is 4.01. The molecule has 0 aliphatic rings. The Bertz CT molecular complexity index is 764. The van der Waals surface area contributed by atoms with Gasteiger partial charge in [0.25, 0.3) is 5.88 Å². The minimum atomic E-state index is -1.00. The lowest BCUT2D eigenvalue weighted by Gasteiger charge is -1.96. The monoisotopic (exact) mass is 285 g/mol. The average Bonchev–Trinajstić information content (AvgIpc) is 2.43. The van der Waals surface area contributed by atoms with Gasteiger partial charge in [0.2, 0.25) is 0 Å². The van der Waals surface area contributed by atoms with Gasteiger partial charge in [-0.15, -0.1) is 0 Å². The highest BCUT2D eigenvalue weighted by Crippen LogP contribution is 2.16. The number of nitrogens with zero attached hydrogens (tertiary/aromatic N) is 2. The van der Waals surface area contributed by atoms with E-state index in [0.29, 0.717) is 0 Å². The number of benzene rings is 1. The topological polar surface area (TPSA) is 109 Å². The fourth-order valence-corrected chi connectivity index (χ4v) is 1.59. The number of aromatic hydroxyl groups is 1. The van der Waals surface area contributed by atoms with Crippen molar-refractivity contribution in [2.75, 3.05) is 0 Å². The quantitative estimate of drug-likeness (QED) is 0.508. The fourth-order valence-electron chi connectivity index (χ4n) is 1.59. The summed E-state index contributed by atoms with van der Waals surface area (Å²) in [5, 5.41) is 19.9. The molecule has 0 radical (unpaired) electrons. The molecule has 0 fully saturated rings. The van der Waals surface area contributed by atoms with Crippen molar-refractivity contribution in [3.05, 3.63) is 74.3 Å². The van der Waals surface area contributed by atoms with Gasteiger partial charge in [0.15, 0.2) is 0 Å². The van der Waals surface area contributed by atoms with Crippen molar-refractivity contribution < 1.29 is 10.0 Å². The van der Waals surface area contributed by atoms with E-state index in [2.05, 4.69) is 9.97 Å². The first-order chi connectivity index (χ1) is 10.1. The van der Waals surface area contributed by atoms with Gasteiger partial charge >= 0.3 is 11.2 Å². The van der Waals surface area contributed by atoms with Crippen molar-refractivity contribution in [1.82, 2.24) is 9.97 Å². The second-order valence-electron chi connectivity index (χ2n) is 4.01. The van der Waals surface area contributed by atoms with Gasteiger partial charge in [0, 0.05) is 0 Å². The smallest absolute Gasteiger partial charge is 0.395 e. The van der Waals surface area contributed by atoms with E-state index in [1.165, 1.54) is 6.08 Å². The maximum atomic E-state index is 11.4. The SMILES string of the molecule is O=c1[nH]c(/C=C/C=C/c2ccccc2)nc(O)c1[N+](=O)[O-]. The molecular formula is C14H11N3O4. The number of nitro groups is 1. The van der Waals surface area contributed by atoms with E-state index in [4.69, 9.17) is 0 Å². The number of aromatic nitrogens is 2. The second kappa shape index (κ2) is 6.29. The Morgan fingerprint density at radius 3 is 2.48 bits per heavy atom. The van der Waals surface area contributed by atoms with Crippen LogP contribution in [0, 0.1) is 10.1 Å². The zero-order valence-electron chi connectivity index (χ0n) is 10.8. The summed E-state index contributed by atoms with van der Waals surface area (Å²) >= 11 is 0. The van der Waals surface area contributed by atoms with Crippen molar-refractivity contribution in [3.8, 4) is 5.88 Å². The Kier molecular flexibility index (Phi) is 4.25. The average molecular weight is 285 g/mol. The van der Waals surface area contributed by atoms with Crippen LogP contribution in [0.5, 0.6) is 5.88 Å². The number of aromatic amines is 1. The molecule has 21 heavy (non-hydrogen) atoms. The Morgan fingerprint density at radius 2 is 1.86 bits per heavy atom. The van der Waals surface area contributed by atoms with Crippen LogP contribution in [0.25, 0.3) is 12.2 Å². The first kappa shape index (κ1) is 14.2. The van der Waals surface area contributed by atoms with Crippen LogP contribution in [0.15, 0.2) is 47.3 Å². The third kappa shape index (κ3) is 3.63. The van der Waals surface area contributed by atoms with Crippen LogP contribution in [0.3, 0.4) is 0 Å². The molecule has 0 bridgehead atoms. The van der Waals surface area contributed by atoms with Crippen molar-refractivity contribution in [3.63, 3.8) is 0 Å². The molecule has 0 saturated heterocycles. The van der Waals surface area contributed by atoms with Crippen LogP contribution in [-0.4, -0.2) is 20.0 Å². The van der Waals surface area contributed by atoms with Crippen LogP contribution in [-0.2, 0) is 0 Å². The van der Waals surface area contributed by atoms with Gasteiger partial charge in [-0.05, 0) is 11.6 Å². The molecule has 7 nitrogen and oxygen atoms in total. The molecule has 1 aromatic heterocycles. The van der Waals surface area contributed by atoms with Crippen LogP contribution >= 0.6 is 0 Å². The van der Waals surface area contributed by atoms with Gasteiger partial charge in [0.05, 0.1) is 4.92 Å². The predicted molar refractivity (Wildman–Crippen MR) is 77.7 cm³/mol. The Labute approximate surface area is 119 Å². The maximum absolute atomic E-state index is 11.4. The molecule has 2 rings (SSSR count). The molecule has 0 aliphatic carbocycles. The summed E-state index contributed by atoms with van der Waals surface area (Å²) in [5.74, 6) is -0.878. The van der Waals surface area contributed by atoms with Gasteiger partial charge in [-0.1, -0.05) is 48.6 Å². The molecule has 2 N–H and O–H groups in total. The van der Waals surface area contributed by atoms with Gasteiger partial charge in [-0.25, -0.2) is 0 Å². The van der Waals surface area contributed by atoms with Gasteiger partial charge in [0.1, 0.15) is 5.82 Å². The molecule has 1 heterocycles. The minimum Gasteiger partial charge on any atom is -0.488 e. The van der Waals surface area contributed by atoms with E-state index in [9.17, 15) is 20.0 Å². The van der Waals surface area contributed by atoms with Crippen molar-refractivity contribution >= 4 is 17.8 Å². The highest BCUT2D eigenvalue weighted by atomic mass is 16.6. The molecule has 1 aromatic carbocycles. The standard InChI is InChI=1S/C14H11N3O4/c18-13-12(17(20)21)14(19)16-11(15-13)9-5-4-8-10-6-2-1-3-7-10/h1-9H,(H2,15,16,18,19)/b8-4+,9-5+. The number of allylic oxidation sites excluding steroid dienone is 2. The summed E-state index contributed by atoms with van der Waals surface area (Å²) < 4.78 is 0. The molecule has 0 unspecified atom stereocenters. The highest BCUT2D eigenvalue weighted by Gasteiger charge is 2.20. The molecule has 2 aromatic rings. The van der Waals surface area contributed by atoms with Crippen LogP contribution in [0.1, 0.15) is 11.4 Å². The van der Waals surface area contributed by atoms with Crippen molar-refractivity contribution in [1.29, 1.82) is 0 Å². The zero-order chi connectivity index (χ0) is 15.2. The summed E-state index contributed by atoms with van der Waals surface area (Å²) in [4.78, 5) is 26.7.